The minimum atomic E-state index is -0.243. The maximum atomic E-state index is 12.4. The van der Waals surface area contributed by atoms with Crippen molar-refractivity contribution in [1.82, 2.24) is 15.1 Å². The van der Waals surface area contributed by atoms with Gasteiger partial charge in [0.2, 0.25) is 0 Å². The van der Waals surface area contributed by atoms with Gasteiger partial charge in [0, 0.05) is 13.1 Å². The van der Waals surface area contributed by atoms with Crippen LogP contribution in [0.1, 0.15) is 40.5 Å². The third-order valence-electron chi connectivity index (χ3n) is 4.01. The average molecular weight is 297 g/mol. The lowest BCUT2D eigenvalue weighted by Crippen LogP contribution is -2.32. The maximum Gasteiger partial charge on any atom is 0.272 e. The van der Waals surface area contributed by atoms with Crippen molar-refractivity contribution >= 4 is 5.91 Å². The average Bonchev–Trinajstić information content (AvgIpc) is 3.33. The Bertz CT molecular complexity index is 745. The molecule has 114 valence electrons. The Morgan fingerprint density at radius 1 is 1.23 bits per heavy atom. The second-order valence-corrected chi connectivity index (χ2v) is 5.88. The van der Waals surface area contributed by atoms with Crippen molar-refractivity contribution in [1.29, 1.82) is 0 Å². The van der Waals surface area contributed by atoms with Gasteiger partial charge in [-0.25, -0.2) is 4.68 Å². The first-order valence-corrected chi connectivity index (χ1v) is 7.46. The molecule has 1 atom stereocenters. The molecule has 22 heavy (non-hydrogen) atoms. The first-order chi connectivity index (χ1) is 10.5. The van der Waals surface area contributed by atoms with Gasteiger partial charge in [-0.1, -0.05) is 29.8 Å². The van der Waals surface area contributed by atoms with Gasteiger partial charge in [0.05, 0.1) is 6.04 Å². The molecule has 0 saturated heterocycles. The van der Waals surface area contributed by atoms with Crippen molar-refractivity contribution in [3.05, 3.63) is 63.6 Å². The second-order valence-electron chi connectivity index (χ2n) is 5.88. The van der Waals surface area contributed by atoms with E-state index in [1.54, 1.807) is 0 Å². The third-order valence-corrected chi connectivity index (χ3v) is 4.01. The van der Waals surface area contributed by atoms with E-state index >= 15 is 0 Å². The molecule has 1 aliphatic rings. The van der Waals surface area contributed by atoms with E-state index in [0.29, 0.717) is 5.92 Å². The van der Waals surface area contributed by atoms with E-state index in [1.165, 1.54) is 29.4 Å². The van der Waals surface area contributed by atoms with Crippen molar-refractivity contribution in [2.24, 2.45) is 13.0 Å². The zero-order valence-corrected chi connectivity index (χ0v) is 12.7. The number of carbonyl (C=O) groups excluding carboxylic acids is 1. The molecule has 0 aliphatic heterocycles. The molecular weight excluding hydrogens is 278 g/mol. The normalized spacial score (nSPS) is 15.4. The van der Waals surface area contributed by atoms with Crippen molar-refractivity contribution < 1.29 is 4.79 Å². The summed E-state index contributed by atoms with van der Waals surface area (Å²) in [7, 11) is 1.54. The SMILES string of the molecule is Cc1ccc([C@@H](NC(=O)c2ccc(=O)n(C)n2)C2CC2)cc1. The number of hydrogen-bond donors (Lipinski definition) is 1. The Balaban J connectivity index is 1.81. The highest BCUT2D eigenvalue weighted by Crippen LogP contribution is 2.41. The van der Waals surface area contributed by atoms with Gasteiger partial charge in [0.15, 0.2) is 0 Å². The number of aromatic nitrogens is 2. The molecule has 1 aromatic heterocycles. The molecule has 0 spiro atoms. The lowest BCUT2D eigenvalue weighted by atomic mass is 10.0. The van der Waals surface area contributed by atoms with Crippen LogP contribution in [0.3, 0.4) is 0 Å². The fourth-order valence-corrected chi connectivity index (χ4v) is 2.52. The predicted octanol–water partition coefficient (Wildman–Crippen LogP) is 1.97. The van der Waals surface area contributed by atoms with Gasteiger partial charge in [-0.05, 0) is 37.3 Å². The van der Waals surface area contributed by atoms with E-state index < -0.39 is 0 Å². The quantitative estimate of drug-likeness (QED) is 0.938. The Kier molecular flexibility index (Phi) is 3.79. The number of nitrogens with zero attached hydrogens (tertiary/aromatic N) is 2. The van der Waals surface area contributed by atoms with E-state index in [0.717, 1.165) is 18.4 Å². The number of hydrogen-bond acceptors (Lipinski definition) is 3. The summed E-state index contributed by atoms with van der Waals surface area (Å²) in [6, 6.07) is 11.1. The first-order valence-electron chi connectivity index (χ1n) is 7.46. The zero-order chi connectivity index (χ0) is 15.7. The molecule has 0 bridgehead atoms. The molecule has 1 aromatic carbocycles. The van der Waals surface area contributed by atoms with Crippen molar-refractivity contribution in [2.45, 2.75) is 25.8 Å². The molecule has 3 rings (SSSR count). The van der Waals surface area contributed by atoms with Gasteiger partial charge in [-0.15, -0.1) is 0 Å². The summed E-state index contributed by atoms with van der Waals surface area (Å²) >= 11 is 0. The van der Waals surface area contributed by atoms with E-state index in [1.807, 2.05) is 6.92 Å². The topological polar surface area (TPSA) is 64.0 Å². The molecule has 1 heterocycles. The van der Waals surface area contributed by atoms with Crippen LogP contribution in [0.4, 0.5) is 0 Å². The molecule has 1 amide bonds. The van der Waals surface area contributed by atoms with E-state index in [9.17, 15) is 9.59 Å². The summed E-state index contributed by atoms with van der Waals surface area (Å²) < 4.78 is 1.17. The van der Waals surface area contributed by atoms with Crippen LogP contribution >= 0.6 is 0 Å². The highest BCUT2D eigenvalue weighted by atomic mass is 16.2. The Morgan fingerprint density at radius 2 is 1.91 bits per heavy atom. The smallest absolute Gasteiger partial charge is 0.272 e. The second kappa shape index (κ2) is 5.75. The van der Waals surface area contributed by atoms with Crippen molar-refractivity contribution in [2.75, 3.05) is 0 Å². The molecule has 1 N–H and O–H groups in total. The van der Waals surface area contributed by atoms with Crippen LogP contribution in [0, 0.1) is 12.8 Å². The molecule has 5 heteroatoms. The van der Waals surface area contributed by atoms with E-state index in [2.05, 4.69) is 34.7 Å². The summed E-state index contributed by atoms with van der Waals surface area (Å²) in [5, 5.41) is 7.07. The Morgan fingerprint density at radius 3 is 2.50 bits per heavy atom. The van der Waals surface area contributed by atoms with Crippen LogP contribution in [-0.4, -0.2) is 15.7 Å². The van der Waals surface area contributed by atoms with Gasteiger partial charge < -0.3 is 5.32 Å². The van der Waals surface area contributed by atoms with Gasteiger partial charge in [0.1, 0.15) is 5.69 Å². The standard InChI is InChI=1S/C17H19N3O2/c1-11-3-5-12(6-4-11)16(13-7-8-13)18-17(22)14-9-10-15(21)20(2)19-14/h3-6,9-10,13,16H,7-8H2,1-2H3,(H,18,22)/t16-/m1/s1. The summed E-state index contributed by atoms with van der Waals surface area (Å²) in [6.07, 6.45) is 2.25. The lowest BCUT2D eigenvalue weighted by molar-refractivity contribution is 0.0924. The number of rotatable bonds is 4. The predicted molar refractivity (Wildman–Crippen MR) is 83.6 cm³/mol. The number of carbonyl (C=O) groups is 1. The van der Waals surface area contributed by atoms with Gasteiger partial charge >= 0.3 is 0 Å². The molecule has 5 nitrogen and oxygen atoms in total. The molecule has 0 unspecified atom stereocenters. The number of amides is 1. The molecule has 1 fully saturated rings. The minimum absolute atomic E-state index is 0.00661. The largest absolute Gasteiger partial charge is 0.344 e. The lowest BCUT2D eigenvalue weighted by Gasteiger charge is -2.19. The molecule has 1 aliphatic carbocycles. The van der Waals surface area contributed by atoms with E-state index in [4.69, 9.17) is 0 Å². The number of benzene rings is 1. The summed E-state index contributed by atoms with van der Waals surface area (Å²) in [5.74, 6) is 0.243. The van der Waals surface area contributed by atoms with Gasteiger partial charge in [0.25, 0.3) is 11.5 Å². The van der Waals surface area contributed by atoms with Crippen LogP contribution in [0.5, 0.6) is 0 Å². The fourth-order valence-electron chi connectivity index (χ4n) is 2.52. The zero-order valence-electron chi connectivity index (χ0n) is 12.7. The van der Waals surface area contributed by atoms with E-state index in [-0.39, 0.29) is 23.2 Å². The van der Waals surface area contributed by atoms with Crippen LogP contribution < -0.4 is 10.9 Å². The van der Waals surface area contributed by atoms with Crippen molar-refractivity contribution in [3.8, 4) is 0 Å². The van der Waals surface area contributed by atoms with Gasteiger partial charge in [-0.2, -0.15) is 5.10 Å². The monoisotopic (exact) mass is 297 g/mol. The highest BCUT2D eigenvalue weighted by Gasteiger charge is 2.33. The summed E-state index contributed by atoms with van der Waals surface area (Å²) in [6.45, 7) is 2.04. The van der Waals surface area contributed by atoms with Crippen molar-refractivity contribution in [3.63, 3.8) is 0 Å². The first kappa shape index (κ1) is 14.5. The van der Waals surface area contributed by atoms with Crippen LogP contribution in [0.15, 0.2) is 41.2 Å². The minimum Gasteiger partial charge on any atom is -0.344 e. The van der Waals surface area contributed by atoms with Gasteiger partial charge in [-0.3, -0.25) is 9.59 Å². The Hall–Kier alpha value is -2.43. The fraction of sp³-hybridized carbons (Fsp3) is 0.353. The molecular formula is C17H19N3O2. The Labute approximate surface area is 129 Å². The van der Waals surface area contributed by atoms with Crippen LogP contribution in [-0.2, 0) is 7.05 Å². The summed E-state index contributed by atoms with van der Waals surface area (Å²) in [5.41, 5.74) is 2.35. The summed E-state index contributed by atoms with van der Waals surface area (Å²) in [4.78, 5) is 23.8. The highest BCUT2D eigenvalue weighted by molar-refractivity contribution is 5.92. The molecule has 2 aromatic rings. The molecule has 1 saturated carbocycles. The van der Waals surface area contributed by atoms with Crippen LogP contribution in [0.25, 0.3) is 0 Å². The third kappa shape index (κ3) is 3.08. The number of aryl methyl sites for hydroxylation is 2. The number of nitrogens with one attached hydrogen (secondary N) is 1. The van der Waals surface area contributed by atoms with Crippen LogP contribution in [0.2, 0.25) is 0 Å². The maximum absolute atomic E-state index is 12.4. The molecule has 0 radical (unpaired) electrons.